The zero-order valence-electron chi connectivity index (χ0n) is 15.6. The van der Waals surface area contributed by atoms with Crippen molar-refractivity contribution >= 4 is 35.6 Å². The van der Waals surface area contributed by atoms with Crippen LogP contribution in [0.5, 0.6) is 0 Å². The highest BCUT2D eigenvalue weighted by atomic mass is 35.5. The number of nitrogens with zero attached hydrogens (tertiary/aromatic N) is 3. The van der Waals surface area contributed by atoms with Gasteiger partial charge in [-0.3, -0.25) is 14.7 Å². The molecule has 1 aromatic carbocycles. The van der Waals surface area contributed by atoms with E-state index in [1.807, 2.05) is 0 Å². The Kier molecular flexibility index (Phi) is 6.55. The van der Waals surface area contributed by atoms with Crippen LogP contribution in [0.4, 0.5) is 10.1 Å². The van der Waals surface area contributed by atoms with Crippen LogP contribution in [0.3, 0.4) is 0 Å². The van der Waals surface area contributed by atoms with Crippen LogP contribution >= 0.6 is 24.0 Å². The maximum absolute atomic E-state index is 14.2. The van der Waals surface area contributed by atoms with Crippen molar-refractivity contribution in [2.75, 3.05) is 37.6 Å². The smallest absolute Gasteiger partial charge is 0.241 e. The summed E-state index contributed by atoms with van der Waals surface area (Å²) in [5.74, 6) is -0.302. The number of aromatic nitrogens is 1. The van der Waals surface area contributed by atoms with E-state index in [2.05, 4.69) is 22.1 Å². The van der Waals surface area contributed by atoms with E-state index in [1.165, 1.54) is 12.1 Å². The van der Waals surface area contributed by atoms with E-state index in [9.17, 15) is 9.18 Å². The molecule has 2 aromatic rings. The van der Waals surface area contributed by atoms with E-state index in [1.54, 1.807) is 23.2 Å². The van der Waals surface area contributed by atoms with Gasteiger partial charge >= 0.3 is 0 Å². The molecule has 1 saturated heterocycles. The third-order valence-corrected chi connectivity index (χ3v) is 5.41. The van der Waals surface area contributed by atoms with Crippen molar-refractivity contribution in [3.8, 4) is 11.3 Å². The number of rotatable bonds is 3. The van der Waals surface area contributed by atoms with E-state index < -0.39 is 0 Å². The predicted octanol–water partition coefficient (Wildman–Crippen LogP) is 3.15. The largest absolute Gasteiger partial charge is 0.312 e. The third-order valence-electron chi connectivity index (χ3n) is 5.17. The summed E-state index contributed by atoms with van der Waals surface area (Å²) in [7, 11) is 0. The Morgan fingerprint density at radius 1 is 1.36 bits per heavy atom. The van der Waals surface area contributed by atoms with E-state index in [-0.39, 0.29) is 24.1 Å². The number of fused-ring (bicyclic) bond motifs is 1. The molecule has 1 atom stereocenters. The molecular weight excluding hydrogens is 402 g/mol. The molecule has 3 heterocycles. The second-order valence-electron chi connectivity index (χ2n) is 7.21. The first kappa shape index (κ1) is 21.0. The van der Waals surface area contributed by atoms with E-state index in [0.29, 0.717) is 35.4 Å². The first-order valence-electron chi connectivity index (χ1n) is 9.22. The molecular formula is C20H23Cl2FN4O. The van der Waals surface area contributed by atoms with Gasteiger partial charge in [0.05, 0.1) is 17.9 Å². The zero-order valence-corrected chi connectivity index (χ0v) is 17.2. The minimum Gasteiger partial charge on any atom is -0.312 e. The first-order valence-corrected chi connectivity index (χ1v) is 9.59. The van der Waals surface area contributed by atoms with Gasteiger partial charge in [-0.25, -0.2) is 4.39 Å². The zero-order chi connectivity index (χ0) is 19.0. The van der Waals surface area contributed by atoms with Gasteiger partial charge in [0.15, 0.2) is 0 Å². The predicted molar refractivity (Wildman–Crippen MR) is 112 cm³/mol. The summed E-state index contributed by atoms with van der Waals surface area (Å²) in [6.45, 7) is 5.79. The summed E-state index contributed by atoms with van der Waals surface area (Å²) < 4.78 is 14.2. The van der Waals surface area contributed by atoms with Crippen LogP contribution in [0.25, 0.3) is 11.3 Å². The molecule has 2 aliphatic heterocycles. The van der Waals surface area contributed by atoms with Gasteiger partial charge in [-0.1, -0.05) is 11.6 Å². The summed E-state index contributed by atoms with van der Waals surface area (Å²) in [5.41, 5.74) is 2.68. The lowest BCUT2D eigenvalue weighted by Gasteiger charge is -2.32. The van der Waals surface area contributed by atoms with Crippen LogP contribution in [-0.2, 0) is 11.2 Å². The number of benzene rings is 1. The van der Waals surface area contributed by atoms with Crippen molar-refractivity contribution in [1.29, 1.82) is 0 Å². The lowest BCUT2D eigenvalue weighted by molar-refractivity contribution is -0.119. The molecule has 150 valence electrons. The minimum atomic E-state index is -0.377. The van der Waals surface area contributed by atoms with Crippen LogP contribution in [0.15, 0.2) is 30.5 Å². The fraction of sp³-hybridized carbons (Fsp3) is 0.400. The number of carbonyl (C=O) groups is 1. The molecule has 1 N–H and O–H groups in total. The maximum Gasteiger partial charge on any atom is 0.241 e. The summed E-state index contributed by atoms with van der Waals surface area (Å²) in [6.07, 6.45) is 2.51. The van der Waals surface area contributed by atoms with Gasteiger partial charge in [-0.2, -0.15) is 0 Å². The van der Waals surface area contributed by atoms with Crippen LogP contribution < -0.4 is 10.2 Å². The number of piperazine rings is 1. The number of pyridine rings is 1. The SMILES string of the molecule is C[C@@H]1CN(CC(=O)N2CCc3cnc(-c4cc(Cl)ccc4F)cc32)CCN1.Cl. The Labute approximate surface area is 175 Å². The molecule has 28 heavy (non-hydrogen) atoms. The molecule has 4 rings (SSSR count). The fourth-order valence-electron chi connectivity index (χ4n) is 3.80. The quantitative estimate of drug-likeness (QED) is 0.821. The molecule has 0 saturated carbocycles. The molecule has 0 aliphatic carbocycles. The Bertz CT molecular complexity index is 879. The highest BCUT2D eigenvalue weighted by Gasteiger charge is 2.28. The maximum atomic E-state index is 14.2. The topological polar surface area (TPSA) is 48.5 Å². The van der Waals surface area contributed by atoms with Crippen LogP contribution in [0, 0.1) is 5.82 Å². The van der Waals surface area contributed by atoms with Crippen molar-refractivity contribution in [1.82, 2.24) is 15.2 Å². The lowest BCUT2D eigenvalue weighted by Crippen LogP contribution is -2.52. The average Bonchev–Trinajstić information content (AvgIpc) is 3.07. The number of amides is 1. The second kappa shape index (κ2) is 8.74. The van der Waals surface area contributed by atoms with Crippen molar-refractivity contribution in [3.63, 3.8) is 0 Å². The van der Waals surface area contributed by atoms with Gasteiger partial charge in [0, 0.05) is 49.0 Å². The van der Waals surface area contributed by atoms with Gasteiger partial charge in [-0.05, 0) is 43.2 Å². The Hall–Kier alpha value is -1.73. The average molecular weight is 425 g/mol. The van der Waals surface area contributed by atoms with Crippen molar-refractivity contribution in [3.05, 3.63) is 46.9 Å². The Balaban J connectivity index is 0.00000225. The van der Waals surface area contributed by atoms with Gasteiger partial charge in [-0.15, -0.1) is 12.4 Å². The van der Waals surface area contributed by atoms with Gasteiger partial charge in [0.2, 0.25) is 5.91 Å². The molecule has 0 bridgehead atoms. The molecule has 2 aliphatic rings. The molecule has 8 heteroatoms. The Morgan fingerprint density at radius 2 is 2.18 bits per heavy atom. The monoisotopic (exact) mass is 424 g/mol. The van der Waals surface area contributed by atoms with E-state index in [0.717, 1.165) is 37.3 Å². The highest BCUT2D eigenvalue weighted by molar-refractivity contribution is 6.30. The Morgan fingerprint density at radius 3 is 2.96 bits per heavy atom. The summed E-state index contributed by atoms with van der Waals surface area (Å²) in [6, 6.07) is 6.60. The van der Waals surface area contributed by atoms with Gasteiger partial charge in [0.25, 0.3) is 0 Å². The summed E-state index contributed by atoms with van der Waals surface area (Å²) in [4.78, 5) is 21.3. The standard InChI is InChI=1S/C20H22ClFN4O.ClH/c1-13-11-25(7-5-23-13)12-20(27)26-6-4-14-10-24-18(9-19(14)26)16-8-15(21)2-3-17(16)22;/h2-3,8-10,13,23H,4-7,11-12H2,1H3;1H/t13-;/m1./s1. The van der Waals surface area contributed by atoms with Crippen LogP contribution in [0.1, 0.15) is 12.5 Å². The van der Waals surface area contributed by atoms with Gasteiger partial charge in [0.1, 0.15) is 5.82 Å². The summed E-state index contributed by atoms with van der Waals surface area (Å²) in [5, 5.41) is 3.84. The van der Waals surface area contributed by atoms with Gasteiger partial charge < -0.3 is 10.2 Å². The van der Waals surface area contributed by atoms with Crippen molar-refractivity contribution < 1.29 is 9.18 Å². The minimum absolute atomic E-state index is 0. The number of carbonyl (C=O) groups excluding carboxylic acids is 1. The first-order chi connectivity index (χ1) is 13.0. The summed E-state index contributed by atoms with van der Waals surface area (Å²) >= 11 is 6.01. The van der Waals surface area contributed by atoms with Crippen LogP contribution in [-0.4, -0.2) is 54.6 Å². The molecule has 0 unspecified atom stereocenters. The van der Waals surface area contributed by atoms with Crippen LogP contribution in [0.2, 0.25) is 5.02 Å². The van der Waals surface area contributed by atoms with Crippen molar-refractivity contribution in [2.24, 2.45) is 0 Å². The third kappa shape index (κ3) is 4.30. The van der Waals surface area contributed by atoms with E-state index in [4.69, 9.17) is 11.6 Å². The molecule has 1 amide bonds. The number of anilines is 1. The number of nitrogens with one attached hydrogen (secondary N) is 1. The molecule has 1 aromatic heterocycles. The number of hydrogen-bond donors (Lipinski definition) is 1. The molecule has 0 spiro atoms. The normalized spacial score (nSPS) is 19.2. The molecule has 1 fully saturated rings. The fourth-order valence-corrected chi connectivity index (χ4v) is 3.97. The van der Waals surface area contributed by atoms with E-state index >= 15 is 0 Å². The molecule has 5 nitrogen and oxygen atoms in total. The highest BCUT2D eigenvalue weighted by Crippen LogP contribution is 2.33. The van der Waals surface area contributed by atoms with Crippen molar-refractivity contribution in [2.45, 2.75) is 19.4 Å². The number of hydrogen-bond acceptors (Lipinski definition) is 4. The lowest BCUT2D eigenvalue weighted by atomic mass is 10.1. The molecule has 0 radical (unpaired) electrons. The second-order valence-corrected chi connectivity index (χ2v) is 7.64. The number of halogens is 3.